The van der Waals surface area contributed by atoms with E-state index in [0.29, 0.717) is 18.1 Å². The van der Waals surface area contributed by atoms with E-state index in [0.717, 1.165) is 6.54 Å². The lowest BCUT2D eigenvalue weighted by Gasteiger charge is -2.29. The minimum absolute atomic E-state index is 0.619. The third-order valence-electron chi connectivity index (χ3n) is 2.88. The fourth-order valence-corrected chi connectivity index (χ4v) is 1.17. The largest absolute Gasteiger partial charge is 0.313 e. The Balaban J connectivity index is 0. The van der Waals surface area contributed by atoms with Crippen molar-refractivity contribution < 1.29 is 0 Å². The average Bonchev–Trinajstić information content (AvgIpc) is 2.26. The second-order valence-corrected chi connectivity index (χ2v) is 4.33. The van der Waals surface area contributed by atoms with Crippen LogP contribution in [0.1, 0.15) is 41.0 Å². The van der Waals surface area contributed by atoms with Crippen molar-refractivity contribution >= 4 is 12.6 Å². The van der Waals surface area contributed by atoms with Gasteiger partial charge in [0.05, 0.1) is 0 Å². The van der Waals surface area contributed by atoms with E-state index < -0.39 is 0 Å². The molecule has 1 N–H and O–H groups in total. The predicted molar refractivity (Wildman–Crippen MR) is 75.0 cm³/mol. The summed E-state index contributed by atoms with van der Waals surface area (Å²) in [6.07, 6.45) is 2.90. The molecule has 0 aliphatic heterocycles. The molecule has 0 aliphatic carbocycles. The lowest BCUT2D eigenvalue weighted by atomic mass is 10.2. The smallest absolute Gasteiger partial charge is 0.0192 e. The van der Waals surface area contributed by atoms with Gasteiger partial charge in [0.1, 0.15) is 0 Å². The topological polar surface area (TPSA) is 15.3 Å². The van der Waals surface area contributed by atoms with Crippen molar-refractivity contribution in [3.05, 3.63) is 0 Å². The first-order valence-electron chi connectivity index (χ1n) is 5.89. The molecular weight excluding hydrogens is 204 g/mol. The molecule has 0 radical (unpaired) electrons. The molecule has 2 unspecified atom stereocenters. The van der Waals surface area contributed by atoms with Gasteiger partial charge in [0.15, 0.2) is 0 Å². The van der Waals surface area contributed by atoms with Crippen LogP contribution in [-0.4, -0.2) is 42.9 Å². The zero-order valence-corrected chi connectivity index (χ0v) is 12.4. The van der Waals surface area contributed by atoms with Gasteiger partial charge in [-0.25, -0.2) is 0 Å². The Morgan fingerprint density at radius 1 is 1.13 bits per heavy atom. The van der Waals surface area contributed by atoms with Crippen molar-refractivity contribution in [1.82, 2.24) is 10.2 Å². The summed E-state index contributed by atoms with van der Waals surface area (Å²) in [5.74, 6) is 0. The Kier molecular flexibility index (Phi) is 12.7. The van der Waals surface area contributed by atoms with Crippen molar-refractivity contribution in [1.29, 1.82) is 0 Å². The van der Waals surface area contributed by atoms with Gasteiger partial charge in [-0.15, -0.1) is 0 Å². The van der Waals surface area contributed by atoms with Gasteiger partial charge in [-0.3, -0.25) is 0 Å². The van der Waals surface area contributed by atoms with E-state index in [2.05, 4.69) is 64.5 Å². The summed E-state index contributed by atoms with van der Waals surface area (Å²) >= 11 is 3.53. The molecule has 0 saturated carbocycles. The highest BCUT2D eigenvalue weighted by Crippen LogP contribution is 2.01. The molecule has 0 spiro atoms. The number of nitrogens with zero attached hydrogens (tertiary/aromatic N) is 1. The molecule has 0 amide bonds. The third-order valence-corrected chi connectivity index (χ3v) is 2.88. The zero-order chi connectivity index (χ0) is 12.4. The molecule has 0 fully saturated rings. The molecule has 3 heteroatoms. The van der Waals surface area contributed by atoms with E-state index in [9.17, 15) is 0 Å². The molecule has 0 aromatic heterocycles. The zero-order valence-electron chi connectivity index (χ0n) is 11.5. The minimum Gasteiger partial charge on any atom is -0.313 e. The average molecular weight is 234 g/mol. The second kappa shape index (κ2) is 10.8. The van der Waals surface area contributed by atoms with Crippen LogP contribution in [0.5, 0.6) is 0 Å². The first-order valence-corrected chi connectivity index (χ1v) is 6.78. The van der Waals surface area contributed by atoms with Crippen molar-refractivity contribution in [3.8, 4) is 0 Å². The van der Waals surface area contributed by atoms with Crippen molar-refractivity contribution in [3.63, 3.8) is 0 Å². The molecule has 0 rings (SSSR count). The minimum atomic E-state index is 0.619. The monoisotopic (exact) mass is 234 g/mol. The number of nitrogens with one attached hydrogen (secondary N) is 1. The normalized spacial score (nSPS) is 14.8. The first-order chi connectivity index (χ1) is 6.99. The van der Waals surface area contributed by atoms with Crippen LogP contribution < -0.4 is 5.32 Å². The lowest BCUT2D eigenvalue weighted by molar-refractivity contribution is 0.200. The number of hydrogen-bond acceptors (Lipinski definition) is 3. The van der Waals surface area contributed by atoms with E-state index in [1.54, 1.807) is 6.26 Å². The number of thiol groups is 1. The maximum atomic E-state index is 3.53. The van der Waals surface area contributed by atoms with E-state index >= 15 is 0 Å². The van der Waals surface area contributed by atoms with E-state index in [4.69, 9.17) is 0 Å². The molecule has 0 aromatic carbocycles. The SMILES string of the molecule is CCC(C)NCC(C)N(C)C(C)C.CS. The Labute approximate surface area is 102 Å². The molecule has 15 heavy (non-hydrogen) atoms. The van der Waals surface area contributed by atoms with Crippen LogP contribution in [0.3, 0.4) is 0 Å². The Bertz CT molecular complexity index is 129. The lowest BCUT2D eigenvalue weighted by Crippen LogP contribution is -2.43. The summed E-state index contributed by atoms with van der Waals surface area (Å²) in [6.45, 7) is 12.3. The van der Waals surface area contributed by atoms with Crippen molar-refractivity contribution in [2.24, 2.45) is 0 Å². The van der Waals surface area contributed by atoms with Gasteiger partial charge < -0.3 is 10.2 Å². The second-order valence-electron chi connectivity index (χ2n) is 4.33. The van der Waals surface area contributed by atoms with E-state index in [-0.39, 0.29) is 0 Å². The molecular formula is C12H30N2S. The highest BCUT2D eigenvalue weighted by atomic mass is 32.1. The van der Waals surface area contributed by atoms with Gasteiger partial charge in [-0.05, 0) is 47.4 Å². The van der Waals surface area contributed by atoms with E-state index in [1.165, 1.54) is 6.42 Å². The fraction of sp³-hybridized carbons (Fsp3) is 1.00. The van der Waals surface area contributed by atoms with Crippen LogP contribution in [0.2, 0.25) is 0 Å². The number of rotatable bonds is 6. The Morgan fingerprint density at radius 2 is 1.60 bits per heavy atom. The molecule has 94 valence electrons. The van der Waals surface area contributed by atoms with Crippen LogP contribution >= 0.6 is 12.6 Å². The van der Waals surface area contributed by atoms with Crippen LogP contribution in [0.4, 0.5) is 0 Å². The molecule has 0 saturated heterocycles. The molecule has 0 bridgehead atoms. The molecule has 2 nitrogen and oxygen atoms in total. The van der Waals surface area contributed by atoms with Crippen LogP contribution in [0.15, 0.2) is 0 Å². The standard InChI is InChI=1S/C11H26N2.CH4S/c1-7-10(4)12-8-11(5)13(6)9(2)3;1-2/h9-12H,7-8H2,1-6H3;2H,1H3. The van der Waals surface area contributed by atoms with Gasteiger partial charge in [-0.1, -0.05) is 6.92 Å². The quantitative estimate of drug-likeness (QED) is 0.687. The maximum Gasteiger partial charge on any atom is 0.0192 e. The predicted octanol–water partition coefficient (Wildman–Crippen LogP) is 2.65. The highest BCUT2D eigenvalue weighted by molar-refractivity contribution is 7.79. The van der Waals surface area contributed by atoms with Crippen molar-refractivity contribution in [2.75, 3.05) is 19.8 Å². The summed E-state index contributed by atoms with van der Waals surface area (Å²) < 4.78 is 0. The third kappa shape index (κ3) is 9.21. The molecule has 2 atom stereocenters. The molecule has 0 aliphatic rings. The Hall–Kier alpha value is 0.270. The van der Waals surface area contributed by atoms with Crippen LogP contribution in [0, 0.1) is 0 Å². The molecule has 0 heterocycles. The van der Waals surface area contributed by atoms with Gasteiger partial charge in [0.25, 0.3) is 0 Å². The number of likely N-dealkylation sites (N-methyl/N-ethyl adjacent to an activating group) is 1. The summed E-state index contributed by atoms with van der Waals surface area (Å²) in [4.78, 5) is 2.40. The van der Waals surface area contributed by atoms with Crippen molar-refractivity contribution in [2.45, 2.75) is 59.2 Å². The van der Waals surface area contributed by atoms with Gasteiger partial charge >= 0.3 is 0 Å². The highest BCUT2D eigenvalue weighted by Gasteiger charge is 2.12. The van der Waals surface area contributed by atoms with Crippen LogP contribution in [-0.2, 0) is 0 Å². The maximum absolute atomic E-state index is 3.53. The fourth-order valence-electron chi connectivity index (χ4n) is 1.17. The van der Waals surface area contributed by atoms with E-state index in [1.807, 2.05) is 0 Å². The summed E-state index contributed by atoms with van der Waals surface area (Å²) in [7, 11) is 2.19. The van der Waals surface area contributed by atoms with Gasteiger partial charge in [0.2, 0.25) is 0 Å². The Morgan fingerprint density at radius 3 is 1.93 bits per heavy atom. The first kappa shape index (κ1) is 17.7. The van der Waals surface area contributed by atoms with Crippen LogP contribution in [0.25, 0.3) is 0 Å². The molecule has 0 aromatic rings. The summed E-state index contributed by atoms with van der Waals surface area (Å²) in [5.41, 5.74) is 0. The van der Waals surface area contributed by atoms with Gasteiger partial charge in [0, 0.05) is 24.7 Å². The summed E-state index contributed by atoms with van der Waals surface area (Å²) in [6, 6.07) is 1.89. The number of hydrogen-bond donors (Lipinski definition) is 2. The van der Waals surface area contributed by atoms with Gasteiger partial charge in [-0.2, -0.15) is 12.6 Å². The summed E-state index contributed by atoms with van der Waals surface area (Å²) in [5, 5.41) is 3.53.